The molecule has 0 bridgehead atoms. The van der Waals surface area contributed by atoms with Crippen LogP contribution < -0.4 is 4.74 Å². The second-order valence-corrected chi connectivity index (χ2v) is 6.06. The normalized spacial score (nSPS) is 11.1. The molecule has 3 heterocycles. The summed E-state index contributed by atoms with van der Waals surface area (Å²) in [4.78, 5) is 14.8. The van der Waals surface area contributed by atoms with Gasteiger partial charge in [0, 0.05) is 36.4 Å². The van der Waals surface area contributed by atoms with E-state index < -0.39 is 11.8 Å². The van der Waals surface area contributed by atoms with Crippen molar-refractivity contribution in [2.24, 2.45) is 0 Å². The number of nitrogens with one attached hydrogen (secondary N) is 1. The lowest BCUT2D eigenvalue weighted by atomic mass is 10.1. The van der Waals surface area contributed by atoms with Crippen molar-refractivity contribution in [2.75, 3.05) is 20.3 Å². The van der Waals surface area contributed by atoms with Crippen LogP contribution in [0.5, 0.6) is 5.75 Å². The second kappa shape index (κ2) is 7.68. The largest absolute Gasteiger partial charge is 0.488 e. The standard InChI is InChI=1S/C19H15FN4O5/c1-27-4-5-28-16-8-15-11(6-12(16)20)18(23-22-15)17-7-14(24-29-17)10-2-3-13(19(25)26)21-9-10/h2-3,6-9H,4-5H2,1H3,(H,22,23)(H,25,26). The molecule has 2 N–H and O–H groups in total. The molecule has 9 nitrogen and oxygen atoms in total. The smallest absolute Gasteiger partial charge is 0.354 e. The maximum absolute atomic E-state index is 14.4. The van der Waals surface area contributed by atoms with Crippen molar-refractivity contribution in [2.45, 2.75) is 0 Å². The van der Waals surface area contributed by atoms with Crippen LogP contribution in [0.1, 0.15) is 10.5 Å². The van der Waals surface area contributed by atoms with E-state index >= 15 is 0 Å². The minimum Gasteiger partial charge on any atom is -0.488 e. The summed E-state index contributed by atoms with van der Waals surface area (Å²) in [5.41, 5.74) is 1.90. The molecule has 3 aromatic heterocycles. The van der Waals surface area contributed by atoms with Crippen LogP contribution in [0.3, 0.4) is 0 Å². The van der Waals surface area contributed by atoms with Gasteiger partial charge in [0.1, 0.15) is 23.7 Å². The number of H-pyrrole nitrogens is 1. The Morgan fingerprint density at radius 3 is 2.86 bits per heavy atom. The Morgan fingerprint density at radius 1 is 1.28 bits per heavy atom. The molecule has 0 unspecified atom stereocenters. The maximum atomic E-state index is 14.4. The van der Waals surface area contributed by atoms with Crippen LogP contribution in [-0.4, -0.2) is 51.7 Å². The molecule has 29 heavy (non-hydrogen) atoms. The van der Waals surface area contributed by atoms with E-state index in [0.717, 1.165) is 0 Å². The summed E-state index contributed by atoms with van der Waals surface area (Å²) in [7, 11) is 1.53. The number of aromatic amines is 1. The zero-order valence-electron chi connectivity index (χ0n) is 15.2. The molecular weight excluding hydrogens is 383 g/mol. The average molecular weight is 398 g/mol. The molecule has 4 aromatic rings. The van der Waals surface area contributed by atoms with E-state index in [0.29, 0.717) is 40.2 Å². The van der Waals surface area contributed by atoms with Crippen molar-refractivity contribution in [3.05, 3.63) is 48.0 Å². The number of carbonyl (C=O) groups is 1. The number of pyridine rings is 1. The first-order valence-corrected chi connectivity index (χ1v) is 8.53. The SMILES string of the molecule is COCCOc1cc2[nH]nc(-c3cc(-c4ccc(C(=O)O)nc4)no3)c2cc1F. The van der Waals surface area contributed by atoms with E-state index in [9.17, 15) is 9.18 Å². The van der Waals surface area contributed by atoms with Crippen molar-refractivity contribution in [1.82, 2.24) is 20.3 Å². The third-order valence-corrected chi connectivity index (χ3v) is 4.18. The Morgan fingerprint density at radius 2 is 2.14 bits per heavy atom. The van der Waals surface area contributed by atoms with Gasteiger partial charge in [0.15, 0.2) is 17.3 Å². The van der Waals surface area contributed by atoms with Crippen molar-refractivity contribution >= 4 is 16.9 Å². The number of nitrogens with zero attached hydrogens (tertiary/aromatic N) is 3. The highest BCUT2D eigenvalue weighted by molar-refractivity contribution is 5.93. The topological polar surface area (TPSA) is 123 Å². The zero-order valence-corrected chi connectivity index (χ0v) is 15.2. The Bertz CT molecular complexity index is 1170. The molecule has 0 radical (unpaired) electrons. The fourth-order valence-corrected chi connectivity index (χ4v) is 2.75. The predicted molar refractivity (Wildman–Crippen MR) is 99.1 cm³/mol. The molecule has 0 aliphatic carbocycles. The van der Waals surface area contributed by atoms with E-state index in [2.05, 4.69) is 20.3 Å². The molecule has 0 saturated heterocycles. The number of carboxylic acid groups (broad SMARTS) is 1. The Hall–Kier alpha value is -3.79. The number of benzene rings is 1. The highest BCUT2D eigenvalue weighted by atomic mass is 19.1. The summed E-state index contributed by atoms with van der Waals surface area (Å²) in [6.07, 6.45) is 1.39. The van der Waals surface area contributed by atoms with E-state index in [1.807, 2.05) is 0 Å². The van der Waals surface area contributed by atoms with Crippen LogP contribution in [0.25, 0.3) is 33.6 Å². The number of methoxy groups -OCH3 is 1. The lowest BCUT2D eigenvalue weighted by Crippen LogP contribution is -2.05. The van der Waals surface area contributed by atoms with Gasteiger partial charge in [-0.3, -0.25) is 5.10 Å². The van der Waals surface area contributed by atoms with Gasteiger partial charge in [-0.25, -0.2) is 14.2 Å². The molecule has 0 atom stereocenters. The summed E-state index contributed by atoms with van der Waals surface area (Å²) >= 11 is 0. The van der Waals surface area contributed by atoms with Gasteiger partial charge in [-0.1, -0.05) is 5.16 Å². The van der Waals surface area contributed by atoms with Crippen molar-refractivity contribution < 1.29 is 28.3 Å². The minimum atomic E-state index is -1.12. The van der Waals surface area contributed by atoms with E-state index in [1.54, 1.807) is 12.1 Å². The maximum Gasteiger partial charge on any atom is 0.354 e. The molecule has 4 rings (SSSR count). The summed E-state index contributed by atoms with van der Waals surface area (Å²) in [5.74, 6) is -1.24. The minimum absolute atomic E-state index is 0.0743. The number of halogens is 1. The Labute approximate surface area is 163 Å². The number of ether oxygens (including phenoxy) is 2. The third-order valence-electron chi connectivity index (χ3n) is 4.18. The number of aromatic nitrogens is 4. The van der Waals surface area contributed by atoms with E-state index in [4.69, 9.17) is 19.1 Å². The van der Waals surface area contributed by atoms with Gasteiger partial charge in [-0.2, -0.15) is 5.10 Å². The molecule has 148 valence electrons. The van der Waals surface area contributed by atoms with Gasteiger partial charge >= 0.3 is 5.97 Å². The third kappa shape index (κ3) is 3.65. The van der Waals surface area contributed by atoms with Gasteiger partial charge < -0.3 is 19.1 Å². The summed E-state index contributed by atoms with van der Waals surface area (Å²) in [6, 6.07) is 7.39. The van der Waals surface area contributed by atoms with Crippen LogP contribution in [0.15, 0.2) is 41.1 Å². The monoisotopic (exact) mass is 398 g/mol. The fraction of sp³-hybridized carbons (Fsp3) is 0.158. The number of rotatable bonds is 7. The van der Waals surface area contributed by atoms with Gasteiger partial charge in [0.25, 0.3) is 0 Å². The number of fused-ring (bicyclic) bond motifs is 1. The first kappa shape index (κ1) is 18.6. The molecule has 10 heteroatoms. The lowest BCUT2D eigenvalue weighted by molar-refractivity contribution is 0.0690. The van der Waals surface area contributed by atoms with E-state index in [-0.39, 0.29) is 18.1 Å². The number of carboxylic acids is 1. The van der Waals surface area contributed by atoms with Crippen LogP contribution in [0.2, 0.25) is 0 Å². The average Bonchev–Trinajstić information content (AvgIpc) is 3.35. The highest BCUT2D eigenvalue weighted by Crippen LogP contribution is 2.32. The van der Waals surface area contributed by atoms with Gasteiger partial charge in [-0.05, 0) is 18.2 Å². The zero-order chi connectivity index (χ0) is 20.4. The van der Waals surface area contributed by atoms with Gasteiger partial charge in [-0.15, -0.1) is 0 Å². The lowest BCUT2D eigenvalue weighted by Gasteiger charge is -2.06. The number of aromatic carboxylic acids is 1. The number of hydrogen-bond acceptors (Lipinski definition) is 7. The first-order chi connectivity index (χ1) is 14.1. The van der Waals surface area contributed by atoms with Crippen LogP contribution in [0, 0.1) is 5.82 Å². The summed E-state index contributed by atoms with van der Waals surface area (Å²) in [5, 5.41) is 20.4. The van der Waals surface area contributed by atoms with Crippen molar-refractivity contribution in [3.8, 4) is 28.5 Å². The van der Waals surface area contributed by atoms with Crippen LogP contribution in [0.4, 0.5) is 4.39 Å². The quantitative estimate of drug-likeness (QED) is 0.455. The van der Waals surface area contributed by atoms with Crippen LogP contribution >= 0.6 is 0 Å². The highest BCUT2D eigenvalue weighted by Gasteiger charge is 2.18. The summed E-state index contributed by atoms with van der Waals surface area (Å²) in [6.45, 7) is 0.564. The molecular formula is C19H15FN4O5. The fourth-order valence-electron chi connectivity index (χ4n) is 2.75. The van der Waals surface area contributed by atoms with Crippen molar-refractivity contribution in [3.63, 3.8) is 0 Å². The Balaban J connectivity index is 1.63. The Kier molecular flexibility index (Phi) is 4.92. The number of hydrogen-bond donors (Lipinski definition) is 2. The van der Waals surface area contributed by atoms with Gasteiger partial charge in [0.2, 0.25) is 0 Å². The molecule has 0 amide bonds. The van der Waals surface area contributed by atoms with Crippen molar-refractivity contribution in [1.29, 1.82) is 0 Å². The molecule has 0 aliphatic heterocycles. The predicted octanol–water partition coefficient (Wildman–Crippen LogP) is 3.14. The second-order valence-electron chi connectivity index (χ2n) is 6.06. The molecule has 1 aromatic carbocycles. The molecule has 0 saturated carbocycles. The summed E-state index contributed by atoms with van der Waals surface area (Å²) < 4.78 is 30.0. The molecule has 0 aliphatic rings. The van der Waals surface area contributed by atoms with E-state index in [1.165, 1.54) is 31.5 Å². The van der Waals surface area contributed by atoms with Gasteiger partial charge in [0.05, 0.1) is 12.1 Å². The van der Waals surface area contributed by atoms with Crippen LogP contribution in [-0.2, 0) is 4.74 Å². The molecule has 0 spiro atoms. The first-order valence-electron chi connectivity index (χ1n) is 8.53. The molecule has 0 fully saturated rings.